The van der Waals surface area contributed by atoms with Crippen LogP contribution in [0.2, 0.25) is 0 Å². The van der Waals surface area contributed by atoms with Crippen LogP contribution in [0.4, 0.5) is 5.69 Å². The molecular formula is C25H25N5O. The summed E-state index contributed by atoms with van der Waals surface area (Å²) in [6, 6.07) is 17.8. The molecule has 0 fully saturated rings. The fourth-order valence-corrected chi connectivity index (χ4v) is 4.13. The van der Waals surface area contributed by atoms with E-state index < -0.39 is 0 Å². The highest BCUT2D eigenvalue weighted by molar-refractivity contribution is 5.52. The first-order chi connectivity index (χ1) is 15.0. The zero-order valence-corrected chi connectivity index (χ0v) is 18.0. The maximum atomic E-state index is 4.83. The lowest BCUT2D eigenvalue weighted by molar-refractivity contribution is 0.418. The van der Waals surface area contributed by atoms with Gasteiger partial charge in [-0.25, -0.2) is 9.97 Å². The molecule has 5 rings (SSSR count). The number of fused-ring (bicyclic) bond motifs is 1. The van der Waals surface area contributed by atoms with Crippen molar-refractivity contribution in [3.63, 3.8) is 0 Å². The summed E-state index contributed by atoms with van der Waals surface area (Å²) >= 11 is 0. The maximum absolute atomic E-state index is 4.83. The summed E-state index contributed by atoms with van der Waals surface area (Å²) in [4.78, 5) is 15.5. The second kappa shape index (κ2) is 7.61. The van der Waals surface area contributed by atoms with Crippen LogP contribution >= 0.6 is 0 Å². The summed E-state index contributed by atoms with van der Waals surface area (Å²) in [6.07, 6.45) is 4.10. The first kappa shape index (κ1) is 19.4. The van der Waals surface area contributed by atoms with E-state index in [-0.39, 0.29) is 5.41 Å². The zero-order valence-electron chi connectivity index (χ0n) is 18.0. The minimum Gasteiger partial charge on any atom is -0.365 e. The number of nitrogens with zero attached hydrogens (tertiary/aromatic N) is 5. The van der Waals surface area contributed by atoms with Crippen LogP contribution in [0, 0.1) is 6.92 Å². The molecule has 1 aliphatic heterocycles. The first-order valence-corrected chi connectivity index (χ1v) is 10.5. The fraction of sp³-hybridized carbons (Fsp3) is 0.280. The van der Waals surface area contributed by atoms with Crippen molar-refractivity contribution in [2.75, 3.05) is 11.4 Å². The molecule has 1 aliphatic rings. The normalized spacial score (nSPS) is 13.8. The highest BCUT2D eigenvalue weighted by Crippen LogP contribution is 2.33. The lowest BCUT2D eigenvalue weighted by Crippen LogP contribution is -2.31. The van der Waals surface area contributed by atoms with E-state index in [2.05, 4.69) is 89.3 Å². The molecule has 0 aliphatic carbocycles. The number of hydrogen-bond donors (Lipinski definition) is 0. The molecule has 0 atom stereocenters. The van der Waals surface area contributed by atoms with Gasteiger partial charge in [0.25, 0.3) is 0 Å². The molecular weight excluding hydrogens is 386 g/mol. The van der Waals surface area contributed by atoms with Gasteiger partial charge >= 0.3 is 0 Å². The van der Waals surface area contributed by atoms with E-state index in [1.54, 1.807) is 0 Å². The van der Waals surface area contributed by atoms with Gasteiger partial charge in [-0.3, -0.25) is 0 Å². The monoisotopic (exact) mass is 411 g/mol. The van der Waals surface area contributed by atoms with Crippen LogP contribution in [0.25, 0.3) is 11.6 Å². The van der Waals surface area contributed by atoms with E-state index in [1.165, 1.54) is 34.3 Å². The van der Waals surface area contributed by atoms with Crippen LogP contribution in [0.5, 0.6) is 0 Å². The van der Waals surface area contributed by atoms with Crippen molar-refractivity contribution in [1.82, 2.24) is 20.1 Å². The Bertz CT molecular complexity index is 1180. The maximum Gasteiger partial charge on any atom is 0.239 e. The highest BCUT2D eigenvalue weighted by Gasteiger charge is 2.24. The van der Waals surface area contributed by atoms with Gasteiger partial charge in [0.2, 0.25) is 18.0 Å². The van der Waals surface area contributed by atoms with Gasteiger partial charge in [-0.2, -0.15) is 4.98 Å². The van der Waals surface area contributed by atoms with Crippen LogP contribution in [0.3, 0.4) is 0 Å². The minimum atomic E-state index is -0.0482. The second-order valence-corrected chi connectivity index (χ2v) is 8.63. The standard InChI is InChI=1S/C25H25N5O/c1-17-4-6-19(7-5-17)25(2,3)20-8-10-21(11-9-20)30-13-12-18-14-26-23(28-22(18)15-30)24-27-16-31-29-24/h4-11,14,16H,12-13,15H2,1-3H3. The SMILES string of the molecule is Cc1ccc(C(C)(C)c2ccc(N3CCc4cnc(-c5ncon5)nc4C3)cc2)cc1. The predicted molar refractivity (Wildman–Crippen MR) is 120 cm³/mol. The molecule has 0 radical (unpaired) electrons. The van der Waals surface area contributed by atoms with E-state index in [1.807, 2.05) is 6.20 Å². The molecule has 0 amide bonds. The molecule has 0 bridgehead atoms. The van der Waals surface area contributed by atoms with Gasteiger partial charge in [-0.15, -0.1) is 0 Å². The van der Waals surface area contributed by atoms with Gasteiger partial charge in [0, 0.05) is 23.8 Å². The topological polar surface area (TPSA) is 67.9 Å². The van der Waals surface area contributed by atoms with E-state index in [0.717, 1.165) is 25.2 Å². The number of hydrogen-bond acceptors (Lipinski definition) is 6. The second-order valence-electron chi connectivity index (χ2n) is 8.63. The van der Waals surface area contributed by atoms with Crippen molar-refractivity contribution in [3.05, 3.63) is 89.1 Å². The molecule has 2 aromatic heterocycles. The lowest BCUT2D eigenvalue weighted by atomic mass is 9.78. The largest absolute Gasteiger partial charge is 0.365 e. The third-order valence-corrected chi connectivity index (χ3v) is 6.23. The Hall–Kier alpha value is -3.54. The summed E-state index contributed by atoms with van der Waals surface area (Å²) in [5.74, 6) is 0.923. The Labute approximate surface area is 182 Å². The Morgan fingerprint density at radius 3 is 2.29 bits per heavy atom. The molecule has 3 heterocycles. The Kier molecular flexibility index (Phi) is 4.77. The van der Waals surface area contributed by atoms with Crippen molar-refractivity contribution in [2.24, 2.45) is 0 Å². The van der Waals surface area contributed by atoms with Crippen molar-refractivity contribution in [1.29, 1.82) is 0 Å². The van der Waals surface area contributed by atoms with E-state index in [0.29, 0.717) is 11.6 Å². The molecule has 31 heavy (non-hydrogen) atoms. The average Bonchev–Trinajstić information content (AvgIpc) is 3.34. The van der Waals surface area contributed by atoms with Crippen LogP contribution in [-0.4, -0.2) is 26.7 Å². The quantitative estimate of drug-likeness (QED) is 0.484. The molecule has 4 aromatic rings. The molecule has 0 saturated carbocycles. The average molecular weight is 412 g/mol. The van der Waals surface area contributed by atoms with Gasteiger partial charge in [-0.05, 0) is 42.2 Å². The van der Waals surface area contributed by atoms with Crippen molar-refractivity contribution < 1.29 is 4.52 Å². The third-order valence-electron chi connectivity index (χ3n) is 6.23. The molecule has 156 valence electrons. The number of aryl methyl sites for hydroxylation is 1. The molecule has 6 nitrogen and oxygen atoms in total. The number of anilines is 1. The summed E-state index contributed by atoms with van der Waals surface area (Å²) in [6.45, 7) is 8.36. The van der Waals surface area contributed by atoms with Crippen molar-refractivity contribution in [3.8, 4) is 11.6 Å². The summed E-state index contributed by atoms with van der Waals surface area (Å²) in [5, 5.41) is 3.85. The van der Waals surface area contributed by atoms with Crippen LogP contribution in [-0.2, 0) is 18.4 Å². The molecule has 2 aromatic carbocycles. The molecule has 0 saturated heterocycles. The molecule has 0 unspecified atom stereocenters. The van der Waals surface area contributed by atoms with E-state index in [9.17, 15) is 0 Å². The van der Waals surface area contributed by atoms with Crippen molar-refractivity contribution >= 4 is 5.69 Å². The van der Waals surface area contributed by atoms with Gasteiger partial charge < -0.3 is 9.42 Å². The summed E-state index contributed by atoms with van der Waals surface area (Å²) in [7, 11) is 0. The Morgan fingerprint density at radius 2 is 1.61 bits per heavy atom. The smallest absolute Gasteiger partial charge is 0.239 e. The molecule has 0 N–H and O–H groups in total. The van der Waals surface area contributed by atoms with Gasteiger partial charge in [0.05, 0.1) is 12.2 Å². The van der Waals surface area contributed by atoms with Gasteiger partial charge in [0.15, 0.2) is 0 Å². The summed E-state index contributed by atoms with van der Waals surface area (Å²) < 4.78 is 4.83. The van der Waals surface area contributed by atoms with Crippen LogP contribution in [0.1, 0.15) is 41.8 Å². The van der Waals surface area contributed by atoms with E-state index >= 15 is 0 Å². The number of benzene rings is 2. The molecule has 0 spiro atoms. The van der Waals surface area contributed by atoms with Crippen LogP contribution < -0.4 is 4.90 Å². The minimum absolute atomic E-state index is 0.0482. The van der Waals surface area contributed by atoms with Gasteiger partial charge in [-0.1, -0.05) is 61.0 Å². The number of rotatable bonds is 4. The zero-order chi connectivity index (χ0) is 21.4. The summed E-state index contributed by atoms with van der Waals surface area (Å²) in [5.41, 5.74) is 7.27. The highest BCUT2D eigenvalue weighted by atomic mass is 16.5. The Balaban J connectivity index is 1.37. The fourth-order valence-electron chi connectivity index (χ4n) is 4.13. The lowest BCUT2D eigenvalue weighted by Gasteiger charge is -2.31. The third kappa shape index (κ3) is 3.69. The van der Waals surface area contributed by atoms with E-state index in [4.69, 9.17) is 9.51 Å². The predicted octanol–water partition coefficient (Wildman–Crippen LogP) is 4.72. The van der Waals surface area contributed by atoms with Crippen molar-refractivity contribution in [2.45, 2.75) is 39.2 Å². The Morgan fingerprint density at radius 1 is 0.903 bits per heavy atom. The number of aromatic nitrogens is 4. The van der Waals surface area contributed by atoms with Gasteiger partial charge in [0.1, 0.15) is 0 Å². The first-order valence-electron chi connectivity index (χ1n) is 10.5. The molecule has 6 heteroatoms. The van der Waals surface area contributed by atoms with Crippen LogP contribution in [0.15, 0.2) is 65.6 Å².